The summed E-state index contributed by atoms with van der Waals surface area (Å²) in [6, 6.07) is 0. The maximum atomic E-state index is 12.4. The minimum Gasteiger partial charge on any atom is -0.393 e. The summed E-state index contributed by atoms with van der Waals surface area (Å²) in [5, 5.41) is 20.6. The molecule has 0 spiro atoms. The normalized spacial score (nSPS) is 43.1. The van der Waals surface area contributed by atoms with Gasteiger partial charge in [0.15, 0.2) is 5.78 Å². The average molecular weight is 254 g/mol. The Balaban J connectivity index is 2.26. The summed E-state index contributed by atoms with van der Waals surface area (Å²) in [5.74, 6) is 0.268. The van der Waals surface area contributed by atoms with Crippen LogP contribution in [0.3, 0.4) is 0 Å². The molecule has 2 N–H and O–H groups in total. The lowest BCUT2D eigenvalue weighted by Crippen LogP contribution is -2.53. The van der Waals surface area contributed by atoms with Gasteiger partial charge in [-0.2, -0.15) is 0 Å². The third kappa shape index (κ3) is 1.53. The third-order valence-corrected chi connectivity index (χ3v) is 6.24. The predicted molar refractivity (Wildman–Crippen MR) is 70.1 cm³/mol. The molecule has 0 saturated heterocycles. The fourth-order valence-electron chi connectivity index (χ4n) is 4.22. The van der Waals surface area contributed by atoms with E-state index in [9.17, 15) is 15.0 Å². The quantitative estimate of drug-likeness (QED) is 0.809. The van der Waals surface area contributed by atoms with E-state index in [2.05, 4.69) is 20.8 Å². The van der Waals surface area contributed by atoms with Crippen LogP contribution in [0.4, 0.5) is 0 Å². The minimum atomic E-state index is -1.23. The topological polar surface area (TPSA) is 57.5 Å². The molecule has 2 fully saturated rings. The average Bonchev–Trinajstić information content (AvgIpc) is 2.60. The van der Waals surface area contributed by atoms with Crippen LogP contribution >= 0.6 is 0 Å². The van der Waals surface area contributed by atoms with Crippen molar-refractivity contribution >= 4 is 5.78 Å². The fourth-order valence-corrected chi connectivity index (χ4v) is 4.22. The molecule has 2 saturated carbocycles. The van der Waals surface area contributed by atoms with Gasteiger partial charge in [0.1, 0.15) is 5.60 Å². The van der Waals surface area contributed by atoms with E-state index in [1.54, 1.807) is 0 Å². The van der Waals surface area contributed by atoms with Crippen molar-refractivity contribution in [2.45, 2.75) is 71.5 Å². The van der Waals surface area contributed by atoms with Crippen LogP contribution in [0.5, 0.6) is 0 Å². The summed E-state index contributed by atoms with van der Waals surface area (Å²) in [7, 11) is 0. The number of Topliss-reactive ketones (excluding diaryl/α,β-unsaturated/α-hetero) is 1. The maximum absolute atomic E-state index is 12.4. The van der Waals surface area contributed by atoms with Crippen LogP contribution in [0.1, 0.15) is 59.8 Å². The molecule has 0 aromatic rings. The van der Waals surface area contributed by atoms with Gasteiger partial charge in [-0.1, -0.05) is 27.7 Å². The van der Waals surface area contributed by atoms with E-state index in [0.717, 1.165) is 12.8 Å². The van der Waals surface area contributed by atoms with E-state index in [4.69, 9.17) is 0 Å². The largest absolute Gasteiger partial charge is 0.393 e. The molecule has 104 valence electrons. The highest BCUT2D eigenvalue weighted by Crippen LogP contribution is 2.69. The molecule has 2 aliphatic carbocycles. The van der Waals surface area contributed by atoms with Crippen LogP contribution in [-0.4, -0.2) is 27.7 Å². The number of fused-ring (bicyclic) bond motifs is 2. The second kappa shape index (κ2) is 4.04. The zero-order valence-electron chi connectivity index (χ0n) is 12.0. The highest BCUT2D eigenvalue weighted by molar-refractivity contribution is 5.89. The Morgan fingerprint density at radius 3 is 2.39 bits per heavy atom. The molecule has 0 aliphatic heterocycles. The maximum Gasteiger partial charge on any atom is 0.167 e. The Morgan fingerprint density at radius 1 is 1.39 bits per heavy atom. The minimum absolute atomic E-state index is 0.00851. The molecule has 4 atom stereocenters. The Hall–Kier alpha value is -0.410. The van der Waals surface area contributed by atoms with Crippen molar-refractivity contribution < 1.29 is 15.0 Å². The van der Waals surface area contributed by atoms with Gasteiger partial charge in [0, 0.05) is 11.8 Å². The summed E-state index contributed by atoms with van der Waals surface area (Å²) < 4.78 is 0. The Bertz CT molecular complexity index is 363. The zero-order valence-corrected chi connectivity index (χ0v) is 12.0. The number of hydrogen-bond acceptors (Lipinski definition) is 3. The van der Waals surface area contributed by atoms with Gasteiger partial charge in [0.05, 0.1) is 6.10 Å². The first kappa shape index (κ1) is 14.0. The Kier molecular flexibility index (Phi) is 3.14. The number of hydrogen-bond donors (Lipinski definition) is 2. The van der Waals surface area contributed by atoms with Gasteiger partial charge < -0.3 is 10.2 Å². The molecule has 0 amide bonds. The number of carbonyl (C=O) groups is 1. The molecule has 3 heteroatoms. The molecule has 18 heavy (non-hydrogen) atoms. The van der Waals surface area contributed by atoms with Crippen molar-refractivity contribution in [3.05, 3.63) is 0 Å². The predicted octanol–water partition coefficient (Wildman–Crippen LogP) is 2.29. The zero-order chi connectivity index (χ0) is 13.8. The molecule has 3 nitrogen and oxygen atoms in total. The fraction of sp³-hybridized carbons (Fsp3) is 0.933. The van der Waals surface area contributed by atoms with Gasteiger partial charge in [-0.25, -0.2) is 0 Å². The number of carbonyl (C=O) groups excluding carboxylic acids is 1. The molecule has 0 aromatic carbocycles. The van der Waals surface area contributed by atoms with Crippen LogP contribution in [0.2, 0.25) is 0 Å². The lowest BCUT2D eigenvalue weighted by molar-refractivity contribution is -0.157. The molecule has 2 aliphatic rings. The van der Waals surface area contributed by atoms with Gasteiger partial charge in [-0.05, 0) is 37.0 Å². The lowest BCUT2D eigenvalue weighted by atomic mass is 9.62. The first-order valence-corrected chi connectivity index (χ1v) is 7.13. The number of rotatable bonds is 4. The molecular weight excluding hydrogens is 228 g/mol. The molecular formula is C15H26O3. The van der Waals surface area contributed by atoms with Crippen molar-refractivity contribution in [3.63, 3.8) is 0 Å². The van der Waals surface area contributed by atoms with Gasteiger partial charge in [0.25, 0.3) is 0 Å². The SMILES string of the molecule is CC[C@H](O)CC(=O)[C@@]1(O)C[C@H]2CC[C@]1(C)C2(C)C. The number of ketones is 1. The van der Waals surface area contributed by atoms with Gasteiger partial charge >= 0.3 is 0 Å². The summed E-state index contributed by atoms with van der Waals surface area (Å²) in [6.07, 6.45) is 2.62. The molecule has 0 aromatic heterocycles. The van der Waals surface area contributed by atoms with Gasteiger partial charge in [0.2, 0.25) is 0 Å². The molecule has 2 bridgehead atoms. The summed E-state index contributed by atoms with van der Waals surface area (Å²) in [4.78, 5) is 12.4. The smallest absolute Gasteiger partial charge is 0.167 e. The summed E-state index contributed by atoms with van der Waals surface area (Å²) in [5.41, 5.74) is -1.56. The molecule has 2 rings (SSSR count). The highest BCUT2D eigenvalue weighted by atomic mass is 16.3. The number of aliphatic hydroxyl groups is 2. The van der Waals surface area contributed by atoms with Crippen molar-refractivity contribution in [3.8, 4) is 0 Å². The van der Waals surface area contributed by atoms with E-state index in [1.807, 2.05) is 6.92 Å². The monoisotopic (exact) mass is 254 g/mol. The van der Waals surface area contributed by atoms with E-state index in [1.165, 1.54) is 0 Å². The van der Waals surface area contributed by atoms with Crippen LogP contribution in [0.25, 0.3) is 0 Å². The van der Waals surface area contributed by atoms with Crippen molar-refractivity contribution in [1.82, 2.24) is 0 Å². The van der Waals surface area contributed by atoms with Crippen LogP contribution in [0, 0.1) is 16.7 Å². The van der Waals surface area contributed by atoms with Crippen LogP contribution in [0.15, 0.2) is 0 Å². The lowest BCUT2D eigenvalue weighted by Gasteiger charge is -2.44. The first-order valence-electron chi connectivity index (χ1n) is 7.13. The van der Waals surface area contributed by atoms with Gasteiger partial charge in [-0.3, -0.25) is 4.79 Å². The summed E-state index contributed by atoms with van der Waals surface area (Å²) in [6.45, 7) is 8.25. The highest BCUT2D eigenvalue weighted by Gasteiger charge is 2.70. The van der Waals surface area contributed by atoms with Gasteiger partial charge in [-0.15, -0.1) is 0 Å². The Morgan fingerprint density at radius 2 is 2.00 bits per heavy atom. The third-order valence-electron chi connectivity index (χ3n) is 6.24. The van der Waals surface area contributed by atoms with Crippen molar-refractivity contribution in [2.75, 3.05) is 0 Å². The number of aliphatic hydroxyl groups excluding tert-OH is 1. The Labute approximate surface area is 110 Å². The van der Waals surface area contributed by atoms with E-state index in [0.29, 0.717) is 18.8 Å². The van der Waals surface area contributed by atoms with Crippen LogP contribution < -0.4 is 0 Å². The molecule has 0 radical (unpaired) electrons. The molecule has 0 unspecified atom stereocenters. The second-order valence-electron chi connectivity index (χ2n) is 7.04. The first-order chi connectivity index (χ1) is 8.19. The van der Waals surface area contributed by atoms with Crippen molar-refractivity contribution in [1.29, 1.82) is 0 Å². The molecule has 0 heterocycles. The van der Waals surface area contributed by atoms with Crippen LogP contribution in [-0.2, 0) is 4.79 Å². The summed E-state index contributed by atoms with van der Waals surface area (Å²) >= 11 is 0. The van der Waals surface area contributed by atoms with E-state index in [-0.39, 0.29) is 23.0 Å². The van der Waals surface area contributed by atoms with Crippen molar-refractivity contribution in [2.24, 2.45) is 16.7 Å². The van der Waals surface area contributed by atoms with E-state index >= 15 is 0 Å². The standard InChI is InChI=1S/C15H26O3/c1-5-11(16)8-12(17)15(18)9-10-6-7-14(15,4)13(10,2)3/h10-11,16,18H,5-9H2,1-4H3/t10-,11+,14-,15+/m1/s1. The van der Waals surface area contributed by atoms with E-state index < -0.39 is 11.7 Å². The second-order valence-corrected chi connectivity index (χ2v) is 7.04.